The van der Waals surface area contributed by atoms with E-state index in [1.807, 2.05) is 19.1 Å². The highest BCUT2D eigenvalue weighted by Gasteiger charge is 2.10. The van der Waals surface area contributed by atoms with Gasteiger partial charge in [-0.2, -0.15) is 5.26 Å². The summed E-state index contributed by atoms with van der Waals surface area (Å²) in [6.45, 7) is 1.90. The van der Waals surface area contributed by atoms with Crippen molar-refractivity contribution in [3.8, 4) is 6.07 Å². The number of carbonyl (C=O) groups is 1. The molecule has 0 aliphatic carbocycles. The first-order valence-electron chi connectivity index (χ1n) is 5.88. The Morgan fingerprint density at radius 1 is 1.30 bits per heavy atom. The number of nitriles is 1. The number of nitrogens with two attached hydrogens (primary N) is 1. The maximum atomic E-state index is 12.1. The first kappa shape index (κ1) is 13.9. The lowest BCUT2D eigenvalue weighted by molar-refractivity contribution is 0.102. The molecular formula is C15H12ClN3O. The van der Waals surface area contributed by atoms with Crippen LogP contribution in [0, 0.1) is 18.3 Å². The van der Waals surface area contributed by atoms with Crippen LogP contribution in [-0.4, -0.2) is 5.91 Å². The van der Waals surface area contributed by atoms with Crippen molar-refractivity contribution in [3.05, 3.63) is 58.1 Å². The molecule has 0 saturated heterocycles. The molecule has 0 unspecified atom stereocenters. The molecule has 5 heteroatoms. The zero-order chi connectivity index (χ0) is 14.7. The van der Waals surface area contributed by atoms with E-state index in [1.165, 1.54) is 6.07 Å². The smallest absolute Gasteiger partial charge is 0.257 e. The highest BCUT2D eigenvalue weighted by molar-refractivity contribution is 6.32. The molecular weight excluding hydrogens is 274 g/mol. The van der Waals surface area contributed by atoms with Crippen LogP contribution >= 0.6 is 11.6 Å². The van der Waals surface area contributed by atoms with Gasteiger partial charge in [0.25, 0.3) is 5.91 Å². The molecule has 0 radical (unpaired) electrons. The third-order valence-electron chi connectivity index (χ3n) is 2.80. The fraction of sp³-hybridized carbons (Fsp3) is 0.0667. The number of hydrogen-bond donors (Lipinski definition) is 2. The summed E-state index contributed by atoms with van der Waals surface area (Å²) in [4.78, 5) is 12.1. The van der Waals surface area contributed by atoms with Gasteiger partial charge in [0.15, 0.2) is 0 Å². The van der Waals surface area contributed by atoms with Crippen LogP contribution in [0.4, 0.5) is 11.4 Å². The van der Waals surface area contributed by atoms with Crippen LogP contribution in [0.1, 0.15) is 21.5 Å². The number of hydrogen-bond acceptors (Lipinski definition) is 3. The minimum atomic E-state index is -0.316. The first-order chi connectivity index (χ1) is 9.51. The number of benzene rings is 2. The van der Waals surface area contributed by atoms with E-state index in [0.717, 1.165) is 5.56 Å². The second-order valence-electron chi connectivity index (χ2n) is 4.35. The molecule has 2 rings (SSSR count). The number of nitrogen functional groups attached to an aromatic ring is 1. The number of anilines is 2. The predicted octanol–water partition coefficient (Wildman–Crippen LogP) is 3.35. The summed E-state index contributed by atoms with van der Waals surface area (Å²) in [5.74, 6) is -0.316. The van der Waals surface area contributed by atoms with Crippen LogP contribution in [-0.2, 0) is 0 Å². The van der Waals surface area contributed by atoms with Gasteiger partial charge in [-0.05, 0) is 42.8 Å². The van der Waals surface area contributed by atoms with E-state index in [2.05, 4.69) is 5.32 Å². The van der Waals surface area contributed by atoms with Crippen LogP contribution in [0.3, 0.4) is 0 Å². The maximum Gasteiger partial charge on any atom is 0.257 e. The number of nitrogens with zero attached hydrogens (tertiary/aromatic N) is 1. The fourth-order valence-electron chi connectivity index (χ4n) is 1.77. The maximum absolute atomic E-state index is 12.1. The van der Waals surface area contributed by atoms with E-state index in [-0.39, 0.29) is 5.91 Å². The predicted molar refractivity (Wildman–Crippen MR) is 79.7 cm³/mol. The van der Waals surface area contributed by atoms with Crippen molar-refractivity contribution >= 4 is 28.9 Å². The van der Waals surface area contributed by atoms with Crippen LogP contribution < -0.4 is 11.1 Å². The number of carbonyl (C=O) groups excluding carboxylic acids is 1. The van der Waals surface area contributed by atoms with Crippen molar-refractivity contribution in [3.63, 3.8) is 0 Å². The monoisotopic (exact) mass is 285 g/mol. The summed E-state index contributed by atoms with van der Waals surface area (Å²) in [5.41, 5.74) is 8.50. The van der Waals surface area contributed by atoms with Gasteiger partial charge in [-0.15, -0.1) is 0 Å². The molecule has 4 nitrogen and oxygen atoms in total. The van der Waals surface area contributed by atoms with Crippen LogP contribution in [0.2, 0.25) is 5.02 Å². The molecule has 0 aliphatic rings. The molecule has 0 bridgehead atoms. The number of nitrogens with one attached hydrogen (secondary N) is 1. The second-order valence-corrected chi connectivity index (χ2v) is 4.76. The summed E-state index contributed by atoms with van der Waals surface area (Å²) in [6, 6.07) is 11.9. The minimum Gasteiger partial charge on any atom is -0.398 e. The lowest BCUT2D eigenvalue weighted by Gasteiger charge is -2.09. The number of amides is 1. The molecule has 0 aromatic heterocycles. The molecule has 0 aliphatic heterocycles. The molecule has 0 spiro atoms. The molecule has 0 atom stereocenters. The molecule has 20 heavy (non-hydrogen) atoms. The highest BCUT2D eigenvalue weighted by Crippen LogP contribution is 2.21. The molecule has 100 valence electrons. The van der Waals surface area contributed by atoms with E-state index in [4.69, 9.17) is 22.6 Å². The van der Waals surface area contributed by atoms with Crippen molar-refractivity contribution in [2.24, 2.45) is 0 Å². The summed E-state index contributed by atoms with van der Waals surface area (Å²) in [6.07, 6.45) is 0. The normalized spacial score (nSPS) is 9.85. The van der Waals surface area contributed by atoms with Gasteiger partial charge >= 0.3 is 0 Å². The van der Waals surface area contributed by atoms with Gasteiger partial charge in [-0.25, -0.2) is 0 Å². The third-order valence-corrected chi connectivity index (χ3v) is 3.11. The quantitative estimate of drug-likeness (QED) is 0.831. The molecule has 2 aromatic rings. The van der Waals surface area contributed by atoms with Crippen molar-refractivity contribution in [2.45, 2.75) is 6.92 Å². The van der Waals surface area contributed by atoms with Gasteiger partial charge in [0, 0.05) is 11.4 Å². The number of halogens is 1. The highest BCUT2D eigenvalue weighted by atomic mass is 35.5. The standard InChI is InChI=1S/C15H12ClN3O/c1-9-2-5-12(14(18)6-9)15(20)19-11-4-3-10(8-17)13(16)7-11/h2-7H,18H2,1H3,(H,19,20). The van der Waals surface area contributed by atoms with E-state index < -0.39 is 0 Å². The topological polar surface area (TPSA) is 78.9 Å². The fourth-order valence-corrected chi connectivity index (χ4v) is 1.99. The zero-order valence-electron chi connectivity index (χ0n) is 10.8. The van der Waals surface area contributed by atoms with Crippen molar-refractivity contribution in [1.82, 2.24) is 0 Å². The van der Waals surface area contributed by atoms with Gasteiger partial charge < -0.3 is 11.1 Å². The summed E-state index contributed by atoms with van der Waals surface area (Å²) in [7, 11) is 0. The summed E-state index contributed by atoms with van der Waals surface area (Å²) in [5, 5.41) is 11.8. The second kappa shape index (κ2) is 5.64. The van der Waals surface area contributed by atoms with E-state index in [0.29, 0.717) is 27.5 Å². The van der Waals surface area contributed by atoms with Crippen molar-refractivity contribution in [2.75, 3.05) is 11.1 Å². The van der Waals surface area contributed by atoms with Crippen molar-refractivity contribution in [1.29, 1.82) is 5.26 Å². The van der Waals surface area contributed by atoms with E-state index >= 15 is 0 Å². The Labute approximate surface area is 121 Å². The van der Waals surface area contributed by atoms with Gasteiger partial charge in [0.05, 0.1) is 16.1 Å². The number of rotatable bonds is 2. The first-order valence-corrected chi connectivity index (χ1v) is 6.26. The summed E-state index contributed by atoms with van der Waals surface area (Å²) >= 11 is 5.91. The van der Waals surface area contributed by atoms with Gasteiger partial charge in [-0.1, -0.05) is 17.7 Å². The van der Waals surface area contributed by atoms with Crippen LogP contribution in [0.5, 0.6) is 0 Å². The van der Waals surface area contributed by atoms with Gasteiger partial charge in [0.1, 0.15) is 6.07 Å². The van der Waals surface area contributed by atoms with E-state index in [9.17, 15) is 4.79 Å². The summed E-state index contributed by atoms with van der Waals surface area (Å²) < 4.78 is 0. The Balaban J connectivity index is 2.24. The van der Waals surface area contributed by atoms with Crippen LogP contribution in [0.25, 0.3) is 0 Å². The average Bonchev–Trinajstić information content (AvgIpc) is 2.38. The molecule has 0 saturated carbocycles. The van der Waals surface area contributed by atoms with Gasteiger partial charge in [-0.3, -0.25) is 4.79 Å². The van der Waals surface area contributed by atoms with Crippen molar-refractivity contribution < 1.29 is 4.79 Å². The van der Waals surface area contributed by atoms with Crippen LogP contribution in [0.15, 0.2) is 36.4 Å². The Morgan fingerprint density at radius 2 is 2.05 bits per heavy atom. The Morgan fingerprint density at radius 3 is 2.65 bits per heavy atom. The average molecular weight is 286 g/mol. The lowest BCUT2D eigenvalue weighted by Crippen LogP contribution is -2.14. The lowest BCUT2D eigenvalue weighted by atomic mass is 10.1. The third kappa shape index (κ3) is 2.90. The number of aryl methyl sites for hydroxylation is 1. The molecule has 3 N–H and O–H groups in total. The Bertz CT molecular complexity index is 720. The molecule has 0 heterocycles. The Hall–Kier alpha value is -2.51. The molecule has 1 amide bonds. The minimum absolute atomic E-state index is 0.294. The zero-order valence-corrected chi connectivity index (χ0v) is 11.5. The Kier molecular flexibility index (Phi) is 3.92. The van der Waals surface area contributed by atoms with Gasteiger partial charge in [0.2, 0.25) is 0 Å². The SMILES string of the molecule is Cc1ccc(C(=O)Nc2ccc(C#N)c(Cl)c2)c(N)c1. The largest absolute Gasteiger partial charge is 0.398 e. The molecule has 0 fully saturated rings. The molecule has 2 aromatic carbocycles. The van der Waals surface area contributed by atoms with E-state index in [1.54, 1.807) is 24.3 Å².